The molecule has 0 saturated carbocycles. The van der Waals surface area contributed by atoms with Gasteiger partial charge in [0.05, 0.1) is 19.8 Å². The molecule has 0 atom stereocenters. The molecule has 1 amide bonds. The third kappa shape index (κ3) is 7.49. The lowest BCUT2D eigenvalue weighted by molar-refractivity contribution is -0.117. The number of nitrogens with zero attached hydrogens (tertiary/aromatic N) is 2. The SMILES string of the molecule is Cc1ccc(OCCN(C)CC(=O)Nc2ccc(CN3CCOCC3)cc2)cc1. The lowest BCUT2D eigenvalue weighted by Gasteiger charge is -2.26. The van der Waals surface area contributed by atoms with Gasteiger partial charge in [-0.05, 0) is 43.8 Å². The zero-order chi connectivity index (χ0) is 20.5. The number of aryl methyl sites for hydroxylation is 1. The van der Waals surface area contributed by atoms with Crippen molar-refractivity contribution >= 4 is 11.6 Å². The molecule has 6 heteroatoms. The fourth-order valence-electron chi connectivity index (χ4n) is 3.19. The van der Waals surface area contributed by atoms with E-state index in [0.717, 1.165) is 44.3 Å². The molecule has 1 aliphatic rings. The number of morpholine rings is 1. The second-order valence-corrected chi connectivity index (χ2v) is 7.53. The summed E-state index contributed by atoms with van der Waals surface area (Å²) in [4.78, 5) is 16.6. The first-order valence-electron chi connectivity index (χ1n) is 10.2. The maximum Gasteiger partial charge on any atom is 0.238 e. The number of amides is 1. The molecule has 1 N–H and O–H groups in total. The van der Waals surface area contributed by atoms with Crippen LogP contribution in [-0.4, -0.2) is 68.8 Å². The molecule has 1 fully saturated rings. The first kappa shape index (κ1) is 21.3. The third-order valence-corrected chi connectivity index (χ3v) is 4.92. The number of hydrogen-bond donors (Lipinski definition) is 1. The number of anilines is 1. The monoisotopic (exact) mass is 397 g/mol. The Balaban J connectivity index is 1.36. The molecular weight excluding hydrogens is 366 g/mol. The highest BCUT2D eigenvalue weighted by Crippen LogP contribution is 2.13. The number of rotatable bonds is 9. The maximum absolute atomic E-state index is 12.3. The summed E-state index contributed by atoms with van der Waals surface area (Å²) >= 11 is 0. The van der Waals surface area contributed by atoms with E-state index < -0.39 is 0 Å². The fourth-order valence-corrected chi connectivity index (χ4v) is 3.19. The smallest absolute Gasteiger partial charge is 0.238 e. The second kappa shape index (κ2) is 11.0. The van der Waals surface area contributed by atoms with Gasteiger partial charge in [0.15, 0.2) is 0 Å². The Hall–Kier alpha value is -2.41. The van der Waals surface area contributed by atoms with Crippen molar-refractivity contribution in [3.63, 3.8) is 0 Å². The maximum atomic E-state index is 12.3. The number of nitrogens with one attached hydrogen (secondary N) is 1. The van der Waals surface area contributed by atoms with Gasteiger partial charge in [-0.25, -0.2) is 0 Å². The van der Waals surface area contributed by atoms with Crippen LogP contribution < -0.4 is 10.1 Å². The Morgan fingerprint density at radius 1 is 1.10 bits per heavy atom. The summed E-state index contributed by atoms with van der Waals surface area (Å²) in [6, 6.07) is 16.1. The van der Waals surface area contributed by atoms with Crippen LogP contribution in [0.3, 0.4) is 0 Å². The average Bonchev–Trinajstić information content (AvgIpc) is 2.72. The third-order valence-electron chi connectivity index (χ3n) is 4.92. The van der Waals surface area contributed by atoms with Crippen LogP contribution in [0.2, 0.25) is 0 Å². The molecule has 0 radical (unpaired) electrons. The Kier molecular flexibility index (Phi) is 8.04. The second-order valence-electron chi connectivity index (χ2n) is 7.53. The molecule has 1 aliphatic heterocycles. The summed E-state index contributed by atoms with van der Waals surface area (Å²) in [5, 5.41) is 2.96. The van der Waals surface area contributed by atoms with Gasteiger partial charge in [0.2, 0.25) is 5.91 Å². The van der Waals surface area contributed by atoms with Crippen LogP contribution >= 0.6 is 0 Å². The number of hydrogen-bond acceptors (Lipinski definition) is 5. The zero-order valence-electron chi connectivity index (χ0n) is 17.4. The minimum atomic E-state index is -0.0243. The van der Waals surface area contributed by atoms with Gasteiger partial charge in [0.25, 0.3) is 0 Å². The highest BCUT2D eigenvalue weighted by molar-refractivity contribution is 5.92. The van der Waals surface area contributed by atoms with Crippen molar-refractivity contribution in [1.29, 1.82) is 0 Å². The number of carbonyl (C=O) groups is 1. The standard InChI is InChI=1S/C23H31N3O3/c1-19-3-9-22(10-4-19)29-16-11-25(2)18-23(27)24-21-7-5-20(6-8-21)17-26-12-14-28-15-13-26/h3-10H,11-18H2,1-2H3,(H,24,27). The Bertz CT molecular complexity index is 756. The van der Waals surface area contributed by atoms with Gasteiger partial charge in [-0.2, -0.15) is 0 Å². The molecule has 0 aromatic heterocycles. The average molecular weight is 398 g/mol. The summed E-state index contributed by atoms with van der Waals surface area (Å²) in [6.45, 7) is 8.07. The molecule has 156 valence electrons. The highest BCUT2D eigenvalue weighted by Gasteiger charge is 2.11. The minimum absolute atomic E-state index is 0.0243. The van der Waals surface area contributed by atoms with Crippen molar-refractivity contribution < 1.29 is 14.3 Å². The molecule has 29 heavy (non-hydrogen) atoms. The van der Waals surface area contributed by atoms with Crippen molar-refractivity contribution in [2.45, 2.75) is 13.5 Å². The highest BCUT2D eigenvalue weighted by atomic mass is 16.5. The lowest BCUT2D eigenvalue weighted by atomic mass is 10.2. The molecule has 1 saturated heterocycles. The van der Waals surface area contributed by atoms with E-state index in [1.54, 1.807) is 0 Å². The van der Waals surface area contributed by atoms with Crippen LogP contribution in [0.4, 0.5) is 5.69 Å². The molecular formula is C23H31N3O3. The molecule has 3 rings (SSSR count). The predicted molar refractivity (Wildman–Crippen MR) is 115 cm³/mol. The van der Waals surface area contributed by atoms with Gasteiger partial charge >= 0.3 is 0 Å². The van der Waals surface area contributed by atoms with Gasteiger partial charge in [-0.15, -0.1) is 0 Å². The van der Waals surface area contributed by atoms with Crippen molar-refractivity contribution in [3.05, 3.63) is 59.7 Å². The van der Waals surface area contributed by atoms with E-state index in [-0.39, 0.29) is 5.91 Å². The van der Waals surface area contributed by atoms with Gasteiger partial charge in [-0.3, -0.25) is 14.6 Å². The van der Waals surface area contributed by atoms with E-state index in [9.17, 15) is 4.79 Å². The first-order chi connectivity index (χ1) is 14.1. The molecule has 0 bridgehead atoms. The van der Waals surface area contributed by atoms with Gasteiger partial charge in [-0.1, -0.05) is 29.8 Å². The van der Waals surface area contributed by atoms with Crippen LogP contribution in [0.15, 0.2) is 48.5 Å². The summed E-state index contributed by atoms with van der Waals surface area (Å²) in [5.74, 6) is 0.828. The van der Waals surface area contributed by atoms with Crippen molar-refractivity contribution in [2.75, 3.05) is 58.4 Å². The number of ether oxygens (including phenoxy) is 2. The Labute approximate surface area is 173 Å². The van der Waals surface area contributed by atoms with Crippen LogP contribution in [0.25, 0.3) is 0 Å². The fraction of sp³-hybridized carbons (Fsp3) is 0.435. The summed E-state index contributed by atoms with van der Waals surface area (Å²) < 4.78 is 11.1. The molecule has 0 spiro atoms. The van der Waals surface area contributed by atoms with E-state index >= 15 is 0 Å². The molecule has 6 nitrogen and oxygen atoms in total. The first-order valence-corrected chi connectivity index (χ1v) is 10.2. The Morgan fingerprint density at radius 2 is 1.79 bits per heavy atom. The van der Waals surface area contributed by atoms with Crippen molar-refractivity contribution in [3.8, 4) is 5.75 Å². The summed E-state index contributed by atoms with van der Waals surface area (Å²) in [6.07, 6.45) is 0. The van der Waals surface area contributed by atoms with Crippen LogP contribution in [0.5, 0.6) is 5.75 Å². The topological polar surface area (TPSA) is 54.0 Å². The van der Waals surface area contributed by atoms with Crippen molar-refractivity contribution in [1.82, 2.24) is 9.80 Å². The van der Waals surface area contributed by atoms with Crippen LogP contribution in [0, 0.1) is 6.92 Å². The zero-order valence-corrected chi connectivity index (χ0v) is 17.4. The number of likely N-dealkylation sites (N-methyl/N-ethyl adjacent to an activating group) is 1. The van der Waals surface area contributed by atoms with E-state index in [1.807, 2.05) is 55.3 Å². The molecule has 2 aromatic carbocycles. The van der Waals surface area contributed by atoms with Gasteiger partial charge < -0.3 is 14.8 Å². The largest absolute Gasteiger partial charge is 0.492 e. The normalized spacial score (nSPS) is 14.7. The van der Waals surface area contributed by atoms with E-state index in [0.29, 0.717) is 19.7 Å². The van der Waals surface area contributed by atoms with Gasteiger partial charge in [0, 0.05) is 31.9 Å². The van der Waals surface area contributed by atoms with Crippen LogP contribution in [0.1, 0.15) is 11.1 Å². The summed E-state index contributed by atoms with van der Waals surface area (Å²) in [7, 11) is 1.92. The predicted octanol–water partition coefficient (Wildman–Crippen LogP) is 2.78. The minimum Gasteiger partial charge on any atom is -0.492 e. The van der Waals surface area contributed by atoms with Crippen molar-refractivity contribution in [2.24, 2.45) is 0 Å². The molecule has 0 unspecified atom stereocenters. The Morgan fingerprint density at radius 3 is 2.48 bits per heavy atom. The molecule has 2 aromatic rings. The number of benzene rings is 2. The number of carbonyl (C=O) groups excluding carboxylic acids is 1. The van der Waals surface area contributed by atoms with Gasteiger partial charge in [0.1, 0.15) is 12.4 Å². The van der Waals surface area contributed by atoms with E-state index in [2.05, 4.69) is 22.3 Å². The van der Waals surface area contributed by atoms with Crippen LogP contribution in [-0.2, 0) is 16.1 Å². The molecule has 1 heterocycles. The molecule has 0 aliphatic carbocycles. The van der Waals surface area contributed by atoms with E-state index in [1.165, 1.54) is 11.1 Å². The lowest BCUT2D eigenvalue weighted by Crippen LogP contribution is -2.35. The quantitative estimate of drug-likeness (QED) is 0.705. The summed E-state index contributed by atoms with van der Waals surface area (Å²) in [5.41, 5.74) is 3.28. The van der Waals surface area contributed by atoms with E-state index in [4.69, 9.17) is 9.47 Å².